The van der Waals surface area contributed by atoms with Gasteiger partial charge in [-0.1, -0.05) is 41.9 Å². The predicted molar refractivity (Wildman–Crippen MR) is 119 cm³/mol. The van der Waals surface area contributed by atoms with Crippen LogP contribution >= 0.6 is 23.4 Å². The molecule has 3 rings (SSSR count). The summed E-state index contributed by atoms with van der Waals surface area (Å²) in [5.41, 5.74) is 0. The minimum absolute atomic E-state index is 0.171. The van der Waals surface area contributed by atoms with Crippen LogP contribution in [0.5, 0.6) is 0 Å². The Kier molecular flexibility index (Phi) is 7.18. The van der Waals surface area contributed by atoms with E-state index in [-0.39, 0.29) is 17.3 Å². The van der Waals surface area contributed by atoms with Gasteiger partial charge in [0.25, 0.3) is 0 Å². The van der Waals surface area contributed by atoms with Crippen LogP contribution in [0.3, 0.4) is 0 Å². The lowest BCUT2D eigenvalue weighted by atomic mass is 10.1. The van der Waals surface area contributed by atoms with Gasteiger partial charge >= 0.3 is 0 Å². The van der Waals surface area contributed by atoms with Gasteiger partial charge in [0.1, 0.15) is 0 Å². The standard InChI is InChI=1S/C21H21ClN2O3S2/c1-24(15-21(25)23-12-13-28-19-9-7-18(22)8-10-19)29(26,27)20-11-6-16-4-2-3-5-17(16)14-20/h2-11,14H,12-13,15H2,1H3,(H,23,25). The number of carbonyl (C=O) groups excluding carboxylic acids is 1. The number of amides is 1. The second-order valence-corrected chi connectivity index (χ2v) is 10.1. The highest BCUT2D eigenvalue weighted by atomic mass is 35.5. The first-order chi connectivity index (χ1) is 13.9. The molecular weight excluding hydrogens is 428 g/mol. The van der Waals surface area contributed by atoms with E-state index in [1.165, 1.54) is 7.05 Å². The lowest BCUT2D eigenvalue weighted by Crippen LogP contribution is -2.39. The SMILES string of the molecule is CN(CC(=O)NCCSc1ccc(Cl)cc1)S(=O)(=O)c1ccc2ccccc2c1. The molecule has 3 aromatic carbocycles. The molecular formula is C21H21ClN2O3S2. The van der Waals surface area contributed by atoms with Crippen LogP contribution in [0.4, 0.5) is 0 Å². The molecule has 0 saturated carbocycles. The van der Waals surface area contributed by atoms with Crippen LogP contribution in [0, 0.1) is 0 Å². The van der Waals surface area contributed by atoms with Crippen molar-refractivity contribution >= 4 is 50.1 Å². The Labute approximate surface area is 180 Å². The second kappa shape index (κ2) is 9.63. The third-order valence-electron chi connectivity index (χ3n) is 4.30. The van der Waals surface area contributed by atoms with Crippen LogP contribution in [0.25, 0.3) is 10.8 Å². The summed E-state index contributed by atoms with van der Waals surface area (Å²) in [6, 6.07) is 20.0. The molecule has 0 radical (unpaired) electrons. The van der Waals surface area contributed by atoms with Gasteiger partial charge in [-0.2, -0.15) is 4.31 Å². The normalized spacial score (nSPS) is 11.7. The Balaban J connectivity index is 1.52. The predicted octanol–water partition coefficient (Wildman–Crippen LogP) is 4.02. The Morgan fingerprint density at radius 1 is 1.03 bits per heavy atom. The number of nitrogens with one attached hydrogen (secondary N) is 1. The number of nitrogens with zero attached hydrogens (tertiary/aromatic N) is 1. The van der Waals surface area contributed by atoms with Crippen LogP contribution in [0.1, 0.15) is 0 Å². The van der Waals surface area contributed by atoms with Crippen LogP contribution in [-0.4, -0.2) is 44.5 Å². The monoisotopic (exact) mass is 448 g/mol. The molecule has 0 aliphatic rings. The van der Waals surface area contributed by atoms with Gasteiger partial charge in [-0.05, 0) is 47.2 Å². The fourth-order valence-electron chi connectivity index (χ4n) is 2.74. The van der Waals surface area contributed by atoms with Gasteiger partial charge < -0.3 is 5.32 Å². The van der Waals surface area contributed by atoms with E-state index in [0.717, 1.165) is 20.0 Å². The summed E-state index contributed by atoms with van der Waals surface area (Å²) in [4.78, 5) is 13.4. The summed E-state index contributed by atoms with van der Waals surface area (Å²) >= 11 is 7.44. The highest BCUT2D eigenvalue weighted by molar-refractivity contribution is 7.99. The first-order valence-electron chi connectivity index (χ1n) is 8.96. The smallest absolute Gasteiger partial charge is 0.243 e. The van der Waals surface area contributed by atoms with E-state index in [9.17, 15) is 13.2 Å². The molecule has 0 aliphatic carbocycles. The Morgan fingerprint density at radius 2 is 1.72 bits per heavy atom. The van der Waals surface area contributed by atoms with Gasteiger partial charge in [0.2, 0.25) is 15.9 Å². The van der Waals surface area contributed by atoms with Gasteiger partial charge in [-0.25, -0.2) is 8.42 Å². The molecule has 0 aromatic heterocycles. The average Bonchev–Trinajstić information content (AvgIpc) is 2.72. The highest BCUT2D eigenvalue weighted by Crippen LogP contribution is 2.21. The van der Waals surface area contributed by atoms with Gasteiger partial charge in [0.15, 0.2) is 0 Å². The summed E-state index contributed by atoms with van der Waals surface area (Å²) in [5, 5.41) is 5.24. The quantitative estimate of drug-likeness (QED) is 0.417. The molecule has 3 aromatic rings. The number of thioether (sulfide) groups is 1. The molecule has 0 heterocycles. The van der Waals surface area contributed by atoms with E-state index >= 15 is 0 Å². The molecule has 0 atom stereocenters. The minimum atomic E-state index is -3.75. The van der Waals surface area contributed by atoms with Gasteiger partial charge in [-0.15, -0.1) is 11.8 Å². The fraction of sp³-hybridized carbons (Fsp3) is 0.190. The van der Waals surface area contributed by atoms with Gasteiger partial charge in [0.05, 0.1) is 11.4 Å². The van der Waals surface area contributed by atoms with E-state index in [1.807, 2.05) is 48.5 Å². The molecule has 0 bridgehead atoms. The Morgan fingerprint density at radius 3 is 2.45 bits per heavy atom. The van der Waals surface area contributed by atoms with Crippen molar-refractivity contribution in [2.75, 3.05) is 25.9 Å². The van der Waals surface area contributed by atoms with Crippen molar-refractivity contribution in [1.29, 1.82) is 0 Å². The molecule has 152 valence electrons. The maximum absolute atomic E-state index is 12.8. The summed E-state index contributed by atoms with van der Waals surface area (Å²) in [6.07, 6.45) is 0. The lowest BCUT2D eigenvalue weighted by Gasteiger charge is -2.17. The molecule has 0 aliphatic heterocycles. The number of benzene rings is 3. The zero-order chi connectivity index (χ0) is 20.9. The third kappa shape index (κ3) is 5.73. The van der Waals surface area contributed by atoms with Crippen LogP contribution in [0.15, 0.2) is 76.5 Å². The molecule has 0 saturated heterocycles. The van der Waals surface area contributed by atoms with Crippen LogP contribution in [-0.2, 0) is 14.8 Å². The van der Waals surface area contributed by atoms with Gasteiger partial charge in [0, 0.05) is 29.3 Å². The highest BCUT2D eigenvalue weighted by Gasteiger charge is 2.23. The number of carbonyl (C=O) groups is 1. The van der Waals surface area contributed by atoms with E-state index in [0.29, 0.717) is 17.3 Å². The molecule has 1 amide bonds. The number of likely N-dealkylation sites (N-methyl/N-ethyl adjacent to an activating group) is 1. The summed E-state index contributed by atoms with van der Waals surface area (Å²) in [6.45, 7) is 0.205. The maximum atomic E-state index is 12.8. The van der Waals surface area contributed by atoms with Crippen molar-refractivity contribution < 1.29 is 13.2 Å². The number of fused-ring (bicyclic) bond motifs is 1. The molecule has 29 heavy (non-hydrogen) atoms. The molecule has 1 N–H and O–H groups in total. The summed E-state index contributed by atoms with van der Waals surface area (Å²) in [7, 11) is -2.34. The Bertz CT molecular complexity index is 1100. The van der Waals surface area contributed by atoms with Crippen molar-refractivity contribution in [3.05, 3.63) is 71.8 Å². The van der Waals surface area contributed by atoms with Crippen molar-refractivity contribution in [3.8, 4) is 0 Å². The van der Waals surface area contributed by atoms with E-state index in [2.05, 4.69) is 5.32 Å². The van der Waals surface area contributed by atoms with Crippen LogP contribution in [0.2, 0.25) is 5.02 Å². The summed E-state index contributed by atoms with van der Waals surface area (Å²) < 4.78 is 26.6. The first kappa shape index (κ1) is 21.6. The largest absolute Gasteiger partial charge is 0.354 e. The third-order valence-corrected chi connectivity index (χ3v) is 7.37. The molecule has 0 unspecified atom stereocenters. The van der Waals surface area contributed by atoms with Gasteiger partial charge in [-0.3, -0.25) is 4.79 Å². The molecule has 8 heteroatoms. The first-order valence-corrected chi connectivity index (χ1v) is 11.8. The molecule has 0 fully saturated rings. The van der Waals surface area contributed by atoms with Crippen molar-refractivity contribution in [1.82, 2.24) is 9.62 Å². The average molecular weight is 449 g/mol. The van der Waals surface area contributed by atoms with E-state index in [4.69, 9.17) is 11.6 Å². The number of sulfonamides is 1. The minimum Gasteiger partial charge on any atom is -0.354 e. The van der Waals surface area contributed by atoms with E-state index in [1.54, 1.807) is 30.0 Å². The van der Waals surface area contributed by atoms with Crippen molar-refractivity contribution in [3.63, 3.8) is 0 Å². The summed E-state index contributed by atoms with van der Waals surface area (Å²) in [5.74, 6) is 0.336. The topological polar surface area (TPSA) is 66.5 Å². The van der Waals surface area contributed by atoms with Crippen LogP contribution < -0.4 is 5.32 Å². The van der Waals surface area contributed by atoms with Crippen molar-refractivity contribution in [2.45, 2.75) is 9.79 Å². The second-order valence-electron chi connectivity index (χ2n) is 6.42. The maximum Gasteiger partial charge on any atom is 0.243 e. The number of hydrogen-bond donors (Lipinski definition) is 1. The number of halogens is 1. The molecule has 0 spiro atoms. The van der Waals surface area contributed by atoms with Crippen molar-refractivity contribution in [2.24, 2.45) is 0 Å². The number of hydrogen-bond acceptors (Lipinski definition) is 4. The Hall–Kier alpha value is -2.06. The lowest BCUT2D eigenvalue weighted by molar-refractivity contribution is -0.121. The zero-order valence-corrected chi connectivity index (χ0v) is 18.2. The fourth-order valence-corrected chi connectivity index (χ4v) is 4.80. The van der Waals surface area contributed by atoms with E-state index < -0.39 is 10.0 Å². The zero-order valence-electron chi connectivity index (χ0n) is 15.8. The molecule has 5 nitrogen and oxygen atoms in total. The number of rotatable bonds is 8.